The van der Waals surface area contributed by atoms with E-state index in [4.69, 9.17) is 4.74 Å². The fourth-order valence-electron chi connectivity index (χ4n) is 4.95. The Morgan fingerprint density at radius 2 is 2.07 bits per heavy atom. The molecule has 3 heterocycles. The van der Waals surface area contributed by atoms with Gasteiger partial charge in [0.25, 0.3) is 0 Å². The number of anilines is 1. The number of carboxylic acid groups (broad SMARTS) is 1. The molecule has 1 aromatic heterocycles. The number of benzene rings is 1. The highest BCUT2D eigenvalue weighted by Crippen LogP contribution is 2.45. The van der Waals surface area contributed by atoms with E-state index in [1.54, 1.807) is 4.57 Å². The molecule has 2 saturated heterocycles. The normalized spacial score (nSPS) is 23.1. The van der Waals surface area contributed by atoms with Gasteiger partial charge in [-0.25, -0.2) is 9.18 Å². The Hall–Kier alpha value is -3.17. The van der Waals surface area contributed by atoms with E-state index in [1.165, 1.54) is 18.3 Å². The van der Waals surface area contributed by atoms with Crippen molar-refractivity contribution in [1.82, 2.24) is 9.58 Å². The maximum absolute atomic E-state index is 15.3. The number of nitroso groups, excluding NO2 is 1. The molecule has 2 atom stereocenters. The summed E-state index contributed by atoms with van der Waals surface area (Å²) in [5.74, 6) is -1.57. The second-order valence-electron chi connectivity index (χ2n) is 8.22. The third-order valence-electron chi connectivity index (χ3n) is 6.51. The van der Waals surface area contributed by atoms with Crippen LogP contribution in [0.5, 0.6) is 5.75 Å². The van der Waals surface area contributed by atoms with Crippen LogP contribution in [-0.2, 0) is 0 Å². The first-order chi connectivity index (χ1) is 14.4. The lowest BCUT2D eigenvalue weighted by atomic mass is 10.1. The number of nitrogens with zero attached hydrogens (tertiary/aromatic N) is 4. The Morgan fingerprint density at radius 1 is 1.30 bits per heavy atom. The van der Waals surface area contributed by atoms with Gasteiger partial charge in [-0.05, 0) is 25.3 Å². The van der Waals surface area contributed by atoms with Gasteiger partial charge in [0.05, 0.1) is 29.3 Å². The van der Waals surface area contributed by atoms with E-state index >= 15 is 4.39 Å². The summed E-state index contributed by atoms with van der Waals surface area (Å²) in [7, 11) is 1.42. The van der Waals surface area contributed by atoms with E-state index in [0.717, 1.165) is 25.3 Å². The van der Waals surface area contributed by atoms with Crippen LogP contribution in [0.1, 0.15) is 35.7 Å². The number of hydrogen-bond acceptors (Lipinski definition) is 6. The first kappa shape index (κ1) is 18.8. The van der Waals surface area contributed by atoms with Crippen LogP contribution in [0.15, 0.2) is 22.3 Å². The van der Waals surface area contributed by atoms with Crippen LogP contribution in [0.2, 0.25) is 0 Å². The fourth-order valence-corrected chi connectivity index (χ4v) is 4.95. The van der Waals surface area contributed by atoms with Crippen molar-refractivity contribution in [3.63, 3.8) is 0 Å². The molecule has 5 rings (SSSR count). The molecule has 2 aliphatic heterocycles. The molecular weight excluding hydrogens is 395 g/mol. The van der Waals surface area contributed by atoms with Gasteiger partial charge in [-0.3, -0.25) is 9.80 Å². The minimum atomic E-state index is -1.34. The molecule has 30 heavy (non-hydrogen) atoms. The highest BCUT2D eigenvalue weighted by atomic mass is 19.1. The second kappa shape index (κ2) is 6.68. The molecule has 158 valence electrons. The predicted molar refractivity (Wildman–Crippen MR) is 107 cm³/mol. The number of methoxy groups -OCH3 is 1. The first-order valence-corrected chi connectivity index (χ1v) is 9.98. The number of carboxylic acids is 1. The largest absolute Gasteiger partial charge is 0.492 e. The van der Waals surface area contributed by atoms with Crippen LogP contribution in [-0.4, -0.2) is 53.4 Å². The van der Waals surface area contributed by atoms with Gasteiger partial charge < -0.3 is 19.3 Å². The average molecular weight is 416 g/mol. The van der Waals surface area contributed by atoms with Gasteiger partial charge in [0, 0.05) is 37.8 Å². The molecule has 1 N–H and O–H groups in total. The standard InChI is InChI=1S/C20H21FN4O5/c1-30-19-16-12(18(26)13(20(27)28)8-24(16)11-2-3-11)6-14(21)17(19)23-7-10-4-5-25(22-29)15(10)9-23/h6,8,10-11,15H,2-5,7,9H2,1H3,(H,27,28)/t10-,15+/m0/s1. The van der Waals surface area contributed by atoms with Gasteiger partial charge in [-0.15, -0.1) is 4.91 Å². The van der Waals surface area contributed by atoms with Crippen molar-refractivity contribution in [2.75, 3.05) is 31.6 Å². The Bertz CT molecular complexity index is 1130. The van der Waals surface area contributed by atoms with Crippen molar-refractivity contribution in [3.05, 3.63) is 38.8 Å². The molecule has 0 radical (unpaired) electrons. The smallest absolute Gasteiger partial charge is 0.341 e. The first-order valence-electron chi connectivity index (χ1n) is 9.98. The summed E-state index contributed by atoms with van der Waals surface area (Å²) in [4.78, 5) is 37.3. The summed E-state index contributed by atoms with van der Waals surface area (Å²) < 4.78 is 22.7. The third-order valence-corrected chi connectivity index (χ3v) is 6.51. The van der Waals surface area contributed by atoms with Crippen molar-refractivity contribution >= 4 is 22.6 Å². The monoisotopic (exact) mass is 416 g/mol. The minimum Gasteiger partial charge on any atom is -0.492 e. The van der Waals surface area contributed by atoms with Crippen molar-refractivity contribution in [3.8, 4) is 5.75 Å². The van der Waals surface area contributed by atoms with Gasteiger partial charge in [0.2, 0.25) is 5.43 Å². The Labute approximate surface area is 170 Å². The zero-order chi connectivity index (χ0) is 21.2. The molecule has 1 aliphatic carbocycles. The van der Waals surface area contributed by atoms with Crippen molar-refractivity contribution < 1.29 is 19.0 Å². The summed E-state index contributed by atoms with van der Waals surface area (Å²) >= 11 is 0. The summed E-state index contributed by atoms with van der Waals surface area (Å²) in [6.45, 7) is 1.58. The minimum absolute atomic E-state index is 0.00419. The number of hydrogen-bond donors (Lipinski definition) is 1. The van der Waals surface area contributed by atoms with Crippen molar-refractivity contribution in [2.24, 2.45) is 11.2 Å². The number of aromatic nitrogens is 1. The molecule has 3 aliphatic rings. The van der Waals surface area contributed by atoms with Gasteiger partial charge >= 0.3 is 5.97 Å². The van der Waals surface area contributed by atoms with Crippen LogP contribution in [0.4, 0.5) is 10.1 Å². The summed E-state index contributed by atoms with van der Waals surface area (Å²) in [5.41, 5.74) is -0.462. The van der Waals surface area contributed by atoms with Crippen LogP contribution >= 0.6 is 0 Å². The topological polar surface area (TPSA) is 104 Å². The summed E-state index contributed by atoms with van der Waals surface area (Å²) in [6, 6.07) is 1.08. The van der Waals surface area contributed by atoms with Gasteiger partial charge in [0.15, 0.2) is 11.6 Å². The molecule has 0 amide bonds. The molecule has 10 heteroatoms. The Balaban J connectivity index is 1.71. The van der Waals surface area contributed by atoms with Crippen LogP contribution in [0.25, 0.3) is 10.9 Å². The molecule has 0 unspecified atom stereocenters. The van der Waals surface area contributed by atoms with Gasteiger partial charge in [-0.1, -0.05) is 0 Å². The number of aromatic carboxylic acids is 1. The molecule has 9 nitrogen and oxygen atoms in total. The van der Waals surface area contributed by atoms with E-state index in [-0.39, 0.29) is 40.4 Å². The third kappa shape index (κ3) is 2.66. The summed E-state index contributed by atoms with van der Waals surface area (Å²) in [5, 5.41) is 14.0. The highest BCUT2D eigenvalue weighted by Gasteiger charge is 2.43. The van der Waals surface area contributed by atoms with Crippen LogP contribution in [0.3, 0.4) is 0 Å². The average Bonchev–Trinajstić information content (AvgIpc) is 3.36. The number of ether oxygens (including phenoxy) is 1. The molecule has 1 saturated carbocycles. The SMILES string of the molecule is COc1c(N2C[C@@H]3CCN(N=O)[C@@H]3C2)c(F)cc2c(=O)c(C(=O)O)cn(C3CC3)c12. The van der Waals surface area contributed by atoms with Crippen molar-refractivity contribution in [1.29, 1.82) is 0 Å². The van der Waals surface area contributed by atoms with E-state index in [2.05, 4.69) is 5.29 Å². The van der Waals surface area contributed by atoms with E-state index in [9.17, 15) is 19.6 Å². The number of carbonyl (C=O) groups is 1. The zero-order valence-corrected chi connectivity index (χ0v) is 16.4. The fraction of sp³-hybridized carbons (Fsp3) is 0.500. The lowest BCUT2D eigenvalue weighted by Crippen LogP contribution is -2.31. The number of fused-ring (bicyclic) bond motifs is 2. The number of halogens is 1. The second-order valence-corrected chi connectivity index (χ2v) is 8.22. The van der Waals surface area contributed by atoms with Gasteiger partial charge in [-0.2, -0.15) is 0 Å². The number of rotatable bonds is 5. The van der Waals surface area contributed by atoms with Gasteiger partial charge in [0.1, 0.15) is 11.3 Å². The van der Waals surface area contributed by atoms with Crippen LogP contribution in [0, 0.1) is 16.6 Å². The van der Waals surface area contributed by atoms with E-state index in [1.807, 2.05) is 4.90 Å². The highest BCUT2D eigenvalue weighted by molar-refractivity contribution is 5.97. The zero-order valence-electron chi connectivity index (χ0n) is 16.4. The Morgan fingerprint density at radius 3 is 2.70 bits per heavy atom. The Kier molecular flexibility index (Phi) is 4.19. The molecule has 0 bridgehead atoms. The lowest BCUT2D eigenvalue weighted by Gasteiger charge is -2.26. The predicted octanol–water partition coefficient (Wildman–Crippen LogP) is 2.37. The number of pyridine rings is 1. The van der Waals surface area contributed by atoms with E-state index < -0.39 is 17.2 Å². The van der Waals surface area contributed by atoms with Crippen LogP contribution < -0.4 is 15.1 Å². The molecule has 1 aromatic carbocycles. The molecule has 3 fully saturated rings. The maximum atomic E-state index is 15.3. The maximum Gasteiger partial charge on any atom is 0.341 e. The van der Waals surface area contributed by atoms with Crippen molar-refractivity contribution in [2.45, 2.75) is 31.3 Å². The lowest BCUT2D eigenvalue weighted by molar-refractivity contribution is 0.0695. The molecule has 2 aromatic rings. The van der Waals surface area contributed by atoms with E-state index in [0.29, 0.717) is 25.2 Å². The molecular formula is C20H21FN4O5. The summed E-state index contributed by atoms with van der Waals surface area (Å²) in [6.07, 6.45) is 3.84. The molecule has 0 spiro atoms. The quantitative estimate of drug-likeness (QED) is 0.746.